The number of carbonyl (C=O) groups is 1. The number of hydrogen-bond acceptors (Lipinski definition) is 5. The summed E-state index contributed by atoms with van der Waals surface area (Å²) in [7, 11) is -7.10. The van der Waals surface area contributed by atoms with Crippen LogP contribution in [0.1, 0.15) is 36.2 Å². The van der Waals surface area contributed by atoms with Crippen molar-refractivity contribution in [2.45, 2.75) is 37.0 Å². The molecule has 168 valence electrons. The van der Waals surface area contributed by atoms with Crippen LogP contribution in [0.15, 0.2) is 66.1 Å². The Morgan fingerprint density at radius 2 is 1.65 bits per heavy atom. The van der Waals surface area contributed by atoms with Crippen LogP contribution in [-0.2, 0) is 25.8 Å². The number of nitrogens with one attached hydrogen (secondary N) is 3. The van der Waals surface area contributed by atoms with Gasteiger partial charge in [-0.1, -0.05) is 25.1 Å². The summed E-state index contributed by atoms with van der Waals surface area (Å²) in [4.78, 5) is 12.5. The molecular weight excluding hydrogens is 438 g/mol. The standard InChI is InChI=1S/C21H27N3O5S2/c1-4-14-22-30(26,27)15-17-6-10-19(11-7-17)23-21(25)18-8-12-20(13-9-18)31(28,29)24-16(3)5-2/h4,6-13,16,22,24H,1,5,14-15H2,2-3H3,(H,23,25). The highest BCUT2D eigenvalue weighted by Gasteiger charge is 2.17. The second-order valence-corrected chi connectivity index (χ2v) is 10.5. The summed E-state index contributed by atoms with van der Waals surface area (Å²) in [5, 5.41) is 2.70. The minimum Gasteiger partial charge on any atom is -0.322 e. The quantitative estimate of drug-likeness (QED) is 0.441. The zero-order valence-corrected chi connectivity index (χ0v) is 19.1. The number of carbonyl (C=O) groups excluding carboxylic acids is 1. The second-order valence-electron chi connectivity index (χ2n) is 7.00. The van der Waals surface area contributed by atoms with Crippen molar-refractivity contribution in [1.82, 2.24) is 9.44 Å². The third-order valence-corrected chi connectivity index (χ3v) is 7.34. The normalized spacial score (nSPS) is 12.8. The first kappa shape index (κ1) is 24.7. The summed E-state index contributed by atoms with van der Waals surface area (Å²) < 4.78 is 53.4. The lowest BCUT2D eigenvalue weighted by Crippen LogP contribution is -2.32. The van der Waals surface area contributed by atoms with E-state index >= 15 is 0 Å². The van der Waals surface area contributed by atoms with Gasteiger partial charge in [-0.25, -0.2) is 26.3 Å². The van der Waals surface area contributed by atoms with E-state index < -0.39 is 26.0 Å². The molecule has 0 bridgehead atoms. The van der Waals surface area contributed by atoms with Gasteiger partial charge in [0.25, 0.3) is 5.91 Å². The smallest absolute Gasteiger partial charge is 0.255 e. The average molecular weight is 466 g/mol. The third kappa shape index (κ3) is 7.59. The maximum atomic E-state index is 12.4. The van der Waals surface area contributed by atoms with Crippen LogP contribution in [0.25, 0.3) is 0 Å². The Morgan fingerprint density at radius 1 is 1.03 bits per heavy atom. The van der Waals surface area contributed by atoms with E-state index in [1.807, 2.05) is 6.92 Å². The molecule has 0 aromatic heterocycles. The highest BCUT2D eigenvalue weighted by Crippen LogP contribution is 2.15. The molecule has 1 amide bonds. The Kier molecular flexibility index (Phi) is 8.52. The predicted molar refractivity (Wildman–Crippen MR) is 122 cm³/mol. The van der Waals surface area contributed by atoms with Gasteiger partial charge in [0.15, 0.2) is 0 Å². The first-order valence-electron chi connectivity index (χ1n) is 9.67. The Bertz CT molecular complexity index is 1110. The topological polar surface area (TPSA) is 121 Å². The van der Waals surface area contributed by atoms with Crippen LogP contribution >= 0.6 is 0 Å². The molecule has 2 rings (SSSR count). The molecule has 0 heterocycles. The molecule has 0 saturated heterocycles. The number of benzene rings is 2. The second kappa shape index (κ2) is 10.7. The van der Waals surface area contributed by atoms with E-state index in [1.54, 1.807) is 31.2 Å². The van der Waals surface area contributed by atoms with Gasteiger partial charge in [-0.05, 0) is 55.3 Å². The minimum absolute atomic E-state index is 0.0833. The predicted octanol–water partition coefficient (Wildman–Crippen LogP) is 2.62. The number of anilines is 1. The van der Waals surface area contributed by atoms with E-state index in [9.17, 15) is 21.6 Å². The van der Waals surface area contributed by atoms with Crippen molar-refractivity contribution >= 4 is 31.6 Å². The molecule has 2 aromatic carbocycles. The van der Waals surface area contributed by atoms with Crippen LogP contribution in [0, 0.1) is 0 Å². The highest BCUT2D eigenvalue weighted by atomic mass is 32.2. The van der Waals surface area contributed by atoms with Gasteiger partial charge in [-0.2, -0.15) is 0 Å². The number of amides is 1. The van der Waals surface area contributed by atoms with Gasteiger partial charge in [-0.15, -0.1) is 6.58 Å². The summed E-state index contributed by atoms with van der Waals surface area (Å²) in [5.41, 5.74) is 1.35. The lowest BCUT2D eigenvalue weighted by molar-refractivity contribution is 0.102. The van der Waals surface area contributed by atoms with Gasteiger partial charge in [0.1, 0.15) is 0 Å². The van der Waals surface area contributed by atoms with E-state index in [4.69, 9.17) is 0 Å². The fraction of sp³-hybridized carbons (Fsp3) is 0.286. The van der Waals surface area contributed by atoms with Gasteiger partial charge >= 0.3 is 0 Å². The summed E-state index contributed by atoms with van der Waals surface area (Å²) in [6.07, 6.45) is 2.12. The third-order valence-electron chi connectivity index (χ3n) is 4.41. The summed E-state index contributed by atoms with van der Waals surface area (Å²) in [5.74, 6) is -0.595. The molecule has 0 aliphatic rings. The van der Waals surface area contributed by atoms with E-state index in [0.717, 1.165) is 0 Å². The van der Waals surface area contributed by atoms with Crippen molar-refractivity contribution in [3.8, 4) is 0 Å². The molecule has 1 atom stereocenters. The Morgan fingerprint density at radius 3 is 2.19 bits per heavy atom. The van der Waals surface area contributed by atoms with Gasteiger partial charge in [0.05, 0.1) is 10.6 Å². The lowest BCUT2D eigenvalue weighted by Gasteiger charge is -2.12. The van der Waals surface area contributed by atoms with Crippen LogP contribution in [0.3, 0.4) is 0 Å². The average Bonchev–Trinajstić information content (AvgIpc) is 2.73. The van der Waals surface area contributed by atoms with E-state index in [1.165, 1.54) is 30.3 Å². The highest BCUT2D eigenvalue weighted by molar-refractivity contribution is 7.89. The van der Waals surface area contributed by atoms with Crippen LogP contribution in [0.2, 0.25) is 0 Å². The monoisotopic (exact) mass is 465 g/mol. The van der Waals surface area contributed by atoms with Gasteiger partial charge in [0, 0.05) is 23.8 Å². The van der Waals surface area contributed by atoms with E-state index in [2.05, 4.69) is 21.3 Å². The molecule has 0 aliphatic carbocycles. The number of sulfonamides is 2. The van der Waals surface area contributed by atoms with Gasteiger partial charge in [-0.3, -0.25) is 4.79 Å². The van der Waals surface area contributed by atoms with Crippen LogP contribution in [0.4, 0.5) is 5.69 Å². The molecule has 10 heteroatoms. The molecule has 0 spiro atoms. The minimum atomic E-state index is -3.64. The molecule has 1 unspecified atom stereocenters. The van der Waals surface area contributed by atoms with Crippen molar-refractivity contribution in [2.75, 3.05) is 11.9 Å². The largest absolute Gasteiger partial charge is 0.322 e. The van der Waals surface area contributed by atoms with Crippen molar-refractivity contribution in [2.24, 2.45) is 0 Å². The maximum absolute atomic E-state index is 12.4. The van der Waals surface area contributed by atoms with Gasteiger partial charge in [0.2, 0.25) is 20.0 Å². The van der Waals surface area contributed by atoms with Gasteiger partial charge < -0.3 is 5.32 Å². The van der Waals surface area contributed by atoms with Crippen LogP contribution < -0.4 is 14.8 Å². The van der Waals surface area contributed by atoms with Crippen molar-refractivity contribution in [3.05, 3.63) is 72.3 Å². The summed E-state index contributed by atoms with van der Waals surface area (Å²) in [6, 6.07) is 11.9. The van der Waals surface area contributed by atoms with Crippen molar-refractivity contribution < 1.29 is 21.6 Å². The molecule has 2 aromatic rings. The molecule has 0 aliphatic heterocycles. The number of rotatable bonds is 11. The molecule has 0 saturated carbocycles. The molecule has 0 fully saturated rings. The van der Waals surface area contributed by atoms with Crippen LogP contribution in [-0.4, -0.2) is 35.3 Å². The summed E-state index contributed by atoms with van der Waals surface area (Å²) >= 11 is 0. The fourth-order valence-corrected chi connectivity index (χ4v) is 4.98. The molecule has 31 heavy (non-hydrogen) atoms. The zero-order chi connectivity index (χ0) is 23.1. The molecular formula is C21H27N3O5S2. The van der Waals surface area contributed by atoms with Crippen LogP contribution in [0.5, 0.6) is 0 Å². The Balaban J connectivity index is 2.03. The molecule has 3 N–H and O–H groups in total. The first-order chi connectivity index (χ1) is 14.6. The Hall–Kier alpha value is -2.53. The van der Waals surface area contributed by atoms with E-state index in [0.29, 0.717) is 23.2 Å². The molecule has 8 nitrogen and oxygen atoms in total. The lowest BCUT2D eigenvalue weighted by atomic mass is 10.2. The maximum Gasteiger partial charge on any atom is 0.255 e. The number of hydrogen-bond donors (Lipinski definition) is 3. The molecule has 0 radical (unpaired) electrons. The first-order valence-corrected chi connectivity index (χ1v) is 12.8. The van der Waals surface area contributed by atoms with Crippen molar-refractivity contribution in [3.63, 3.8) is 0 Å². The summed E-state index contributed by atoms with van der Waals surface area (Å²) in [6.45, 7) is 7.28. The zero-order valence-electron chi connectivity index (χ0n) is 17.5. The SMILES string of the molecule is C=CCNS(=O)(=O)Cc1ccc(NC(=O)c2ccc(S(=O)(=O)NC(C)CC)cc2)cc1. The van der Waals surface area contributed by atoms with Crippen molar-refractivity contribution in [1.29, 1.82) is 0 Å². The fourth-order valence-electron chi connectivity index (χ4n) is 2.55. The Labute approximate surface area is 183 Å². The van der Waals surface area contributed by atoms with E-state index in [-0.39, 0.29) is 23.2 Å².